The molecule has 0 N–H and O–H groups in total. The van der Waals surface area contributed by atoms with Crippen LogP contribution in [0.3, 0.4) is 0 Å². The second-order valence-electron chi connectivity index (χ2n) is 8.41. The third-order valence-electron chi connectivity index (χ3n) is 6.26. The lowest BCUT2D eigenvalue weighted by molar-refractivity contribution is -0.140. The Hall–Kier alpha value is -2.38. The van der Waals surface area contributed by atoms with Crippen LogP contribution in [0.2, 0.25) is 0 Å². The lowest BCUT2D eigenvalue weighted by Crippen LogP contribution is -2.49. The zero-order valence-electron chi connectivity index (χ0n) is 17.8. The van der Waals surface area contributed by atoms with Crippen LogP contribution in [-0.2, 0) is 20.7 Å². The van der Waals surface area contributed by atoms with Crippen molar-refractivity contribution in [3.63, 3.8) is 0 Å². The van der Waals surface area contributed by atoms with Crippen molar-refractivity contribution in [2.75, 3.05) is 46.0 Å². The fourth-order valence-corrected chi connectivity index (χ4v) is 4.97. The summed E-state index contributed by atoms with van der Waals surface area (Å²) < 4.78 is 11.5. The van der Waals surface area contributed by atoms with Gasteiger partial charge in [-0.2, -0.15) is 0 Å². The Morgan fingerprint density at radius 1 is 0.935 bits per heavy atom. The van der Waals surface area contributed by atoms with Crippen LogP contribution in [0.15, 0.2) is 47.8 Å². The molecule has 4 rings (SSSR count). The Balaban J connectivity index is 1.40. The fourth-order valence-electron chi connectivity index (χ4n) is 4.28. The SMILES string of the molecule is O=C(Cc1cccs1)N1CCC(COc2ccccc2)(CC(=O)N2CCOCC2)CC1. The Morgan fingerprint density at radius 2 is 1.65 bits per heavy atom. The first-order valence-electron chi connectivity index (χ1n) is 11.0. The van der Waals surface area contributed by atoms with Gasteiger partial charge in [0.2, 0.25) is 11.8 Å². The van der Waals surface area contributed by atoms with E-state index in [2.05, 4.69) is 0 Å². The number of hydrogen-bond donors (Lipinski definition) is 0. The normalized spacial score (nSPS) is 18.6. The molecular formula is C24H30N2O4S. The van der Waals surface area contributed by atoms with Crippen LogP contribution in [0.5, 0.6) is 5.75 Å². The van der Waals surface area contributed by atoms with Gasteiger partial charge in [0.05, 0.1) is 26.2 Å². The summed E-state index contributed by atoms with van der Waals surface area (Å²) in [5.74, 6) is 1.15. The topological polar surface area (TPSA) is 59.1 Å². The number of ether oxygens (including phenoxy) is 2. The molecule has 31 heavy (non-hydrogen) atoms. The van der Waals surface area contributed by atoms with E-state index < -0.39 is 0 Å². The molecule has 0 radical (unpaired) electrons. The first-order chi connectivity index (χ1) is 15.1. The van der Waals surface area contributed by atoms with Gasteiger partial charge in [-0.05, 0) is 36.4 Å². The molecular weight excluding hydrogens is 412 g/mol. The third-order valence-corrected chi connectivity index (χ3v) is 7.14. The molecule has 1 aromatic heterocycles. The number of carbonyl (C=O) groups excluding carboxylic acids is 2. The summed E-state index contributed by atoms with van der Waals surface area (Å²) in [5.41, 5.74) is -0.259. The first kappa shape index (κ1) is 21.8. The van der Waals surface area contributed by atoms with Crippen LogP contribution in [-0.4, -0.2) is 67.6 Å². The predicted octanol–water partition coefficient (Wildman–Crippen LogP) is 3.23. The molecule has 0 atom stereocenters. The van der Waals surface area contributed by atoms with Crippen molar-refractivity contribution in [1.29, 1.82) is 0 Å². The molecule has 0 aliphatic carbocycles. The van der Waals surface area contributed by atoms with Crippen molar-refractivity contribution in [3.8, 4) is 5.75 Å². The largest absolute Gasteiger partial charge is 0.493 e. The monoisotopic (exact) mass is 442 g/mol. The summed E-state index contributed by atoms with van der Waals surface area (Å²) in [7, 11) is 0. The van der Waals surface area contributed by atoms with Crippen LogP contribution in [0, 0.1) is 5.41 Å². The minimum atomic E-state index is -0.259. The summed E-state index contributed by atoms with van der Waals surface area (Å²) in [6.45, 7) is 4.33. The van der Waals surface area contributed by atoms with Gasteiger partial charge in [0, 0.05) is 42.9 Å². The molecule has 2 fully saturated rings. The number of amides is 2. The van der Waals surface area contributed by atoms with Crippen molar-refractivity contribution >= 4 is 23.2 Å². The standard InChI is InChI=1S/C24H30N2O4S/c27-22(17-21-7-4-16-31-21)25-10-8-24(9-11-25,19-30-20-5-2-1-3-6-20)18-23(28)26-12-14-29-15-13-26/h1-7,16H,8-15,17-19H2. The summed E-state index contributed by atoms with van der Waals surface area (Å²) >= 11 is 1.62. The lowest BCUT2D eigenvalue weighted by Gasteiger charge is -2.42. The van der Waals surface area contributed by atoms with E-state index >= 15 is 0 Å². The molecule has 0 bridgehead atoms. The average Bonchev–Trinajstić information content (AvgIpc) is 3.32. The molecule has 1 aromatic carbocycles. The molecule has 2 amide bonds. The molecule has 2 aromatic rings. The Bertz CT molecular complexity index is 842. The number of para-hydroxylation sites is 1. The van der Waals surface area contributed by atoms with Gasteiger partial charge in [-0.15, -0.1) is 11.3 Å². The van der Waals surface area contributed by atoms with E-state index in [1.165, 1.54) is 0 Å². The molecule has 3 heterocycles. The molecule has 2 aliphatic rings. The Labute approximate surface area is 187 Å². The minimum absolute atomic E-state index is 0.165. The summed E-state index contributed by atoms with van der Waals surface area (Å²) in [4.78, 5) is 30.7. The van der Waals surface area contributed by atoms with Gasteiger partial charge < -0.3 is 19.3 Å². The van der Waals surface area contributed by atoms with E-state index in [1.54, 1.807) is 11.3 Å². The fraction of sp³-hybridized carbons (Fsp3) is 0.500. The van der Waals surface area contributed by atoms with Crippen LogP contribution < -0.4 is 4.74 Å². The molecule has 6 nitrogen and oxygen atoms in total. The Kier molecular flexibility index (Phi) is 7.25. The van der Waals surface area contributed by atoms with Gasteiger partial charge in [0.1, 0.15) is 5.75 Å². The van der Waals surface area contributed by atoms with Gasteiger partial charge in [0.25, 0.3) is 0 Å². The molecule has 166 valence electrons. The van der Waals surface area contributed by atoms with Crippen LogP contribution in [0.4, 0.5) is 0 Å². The number of likely N-dealkylation sites (tertiary alicyclic amines) is 1. The van der Waals surface area contributed by atoms with Crippen molar-refractivity contribution < 1.29 is 19.1 Å². The van der Waals surface area contributed by atoms with Gasteiger partial charge in [-0.25, -0.2) is 0 Å². The van der Waals surface area contributed by atoms with Crippen molar-refractivity contribution in [2.45, 2.75) is 25.7 Å². The second kappa shape index (κ2) is 10.3. The quantitative estimate of drug-likeness (QED) is 0.661. The molecule has 7 heteroatoms. The third kappa shape index (κ3) is 5.86. The Morgan fingerprint density at radius 3 is 2.32 bits per heavy atom. The number of hydrogen-bond acceptors (Lipinski definition) is 5. The highest BCUT2D eigenvalue weighted by atomic mass is 32.1. The van der Waals surface area contributed by atoms with Gasteiger partial charge in [-0.3, -0.25) is 9.59 Å². The molecule has 0 spiro atoms. The number of thiophene rings is 1. The van der Waals surface area contributed by atoms with Gasteiger partial charge in [0.15, 0.2) is 0 Å². The molecule has 0 saturated carbocycles. The van der Waals surface area contributed by atoms with Crippen molar-refractivity contribution in [3.05, 3.63) is 52.7 Å². The van der Waals surface area contributed by atoms with Crippen LogP contribution >= 0.6 is 11.3 Å². The number of rotatable bonds is 7. The smallest absolute Gasteiger partial charge is 0.227 e. The maximum absolute atomic E-state index is 13.0. The summed E-state index contributed by atoms with van der Waals surface area (Å²) in [5, 5.41) is 2.00. The number of nitrogens with zero attached hydrogens (tertiary/aromatic N) is 2. The highest BCUT2D eigenvalue weighted by molar-refractivity contribution is 7.10. The van der Waals surface area contributed by atoms with Gasteiger partial charge in [-0.1, -0.05) is 24.3 Å². The first-order valence-corrected chi connectivity index (χ1v) is 11.9. The second-order valence-corrected chi connectivity index (χ2v) is 9.44. The van der Waals surface area contributed by atoms with E-state index in [0.29, 0.717) is 58.8 Å². The van der Waals surface area contributed by atoms with Crippen LogP contribution in [0.1, 0.15) is 24.1 Å². The predicted molar refractivity (Wildman–Crippen MR) is 120 cm³/mol. The molecule has 2 aliphatic heterocycles. The lowest BCUT2D eigenvalue weighted by atomic mass is 9.75. The highest BCUT2D eigenvalue weighted by Gasteiger charge is 2.39. The maximum Gasteiger partial charge on any atom is 0.227 e. The van der Waals surface area contributed by atoms with E-state index in [9.17, 15) is 9.59 Å². The van der Waals surface area contributed by atoms with Crippen LogP contribution in [0.25, 0.3) is 0 Å². The molecule has 0 unspecified atom stereocenters. The number of piperidine rings is 1. The number of carbonyl (C=O) groups is 2. The van der Waals surface area contributed by atoms with Crippen molar-refractivity contribution in [2.24, 2.45) is 5.41 Å². The summed E-state index contributed by atoms with van der Waals surface area (Å²) in [6.07, 6.45) is 2.45. The minimum Gasteiger partial charge on any atom is -0.493 e. The summed E-state index contributed by atoms with van der Waals surface area (Å²) in [6, 6.07) is 13.7. The van der Waals surface area contributed by atoms with E-state index in [1.807, 2.05) is 57.6 Å². The van der Waals surface area contributed by atoms with E-state index in [-0.39, 0.29) is 17.2 Å². The number of morpholine rings is 1. The molecule has 2 saturated heterocycles. The highest BCUT2D eigenvalue weighted by Crippen LogP contribution is 2.37. The maximum atomic E-state index is 13.0. The zero-order chi connectivity index (χ0) is 21.5. The number of benzene rings is 1. The zero-order valence-corrected chi connectivity index (χ0v) is 18.6. The van der Waals surface area contributed by atoms with E-state index in [4.69, 9.17) is 9.47 Å². The van der Waals surface area contributed by atoms with Gasteiger partial charge >= 0.3 is 0 Å². The van der Waals surface area contributed by atoms with E-state index in [0.717, 1.165) is 23.5 Å². The average molecular weight is 443 g/mol. The van der Waals surface area contributed by atoms with Crippen molar-refractivity contribution in [1.82, 2.24) is 9.80 Å².